The zero-order valence-electron chi connectivity index (χ0n) is 13.9. The topological polar surface area (TPSA) is 98.5 Å². The van der Waals surface area contributed by atoms with Crippen LogP contribution in [-0.4, -0.2) is 20.5 Å². The van der Waals surface area contributed by atoms with Crippen molar-refractivity contribution in [2.75, 3.05) is 7.11 Å². The molecule has 9 heteroatoms. The molecule has 138 valence electrons. The number of rotatable bonds is 7. The fourth-order valence-electron chi connectivity index (χ4n) is 2.75. The first kappa shape index (κ1) is 18.6. The highest BCUT2D eigenvalue weighted by molar-refractivity contribution is 7.89. The molecule has 0 saturated heterocycles. The van der Waals surface area contributed by atoms with E-state index in [1.165, 1.54) is 19.2 Å². The van der Waals surface area contributed by atoms with Crippen LogP contribution in [0.3, 0.4) is 0 Å². The van der Waals surface area contributed by atoms with Gasteiger partial charge in [0.2, 0.25) is 10.0 Å². The van der Waals surface area contributed by atoms with Gasteiger partial charge < -0.3 is 4.74 Å². The van der Waals surface area contributed by atoms with E-state index in [9.17, 15) is 18.5 Å². The molecule has 1 saturated carbocycles. The third-order valence-corrected chi connectivity index (χ3v) is 5.95. The summed E-state index contributed by atoms with van der Waals surface area (Å²) < 4.78 is 33.2. The summed E-state index contributed by atoms with van der Waals surface area (Å²) in [6, 6.07) is 10.2. The van der Waals surface area contributed by atoms with Crippen LogP contribution in [0, 0.1) is 16.0 Å². The first-order chi connectivity index (χ1) is 12.3. The standard InChI is InChI=1S/C17H17ClN2O5S/c1-25-16-9-8-14(10-15(16)20(21)22)26(23,24)19-17(11-2-3-11)12-4-6-13(18)7-5-12/h4-11,17,19H,2-3H2,1H3. The highest BCUT2D eigenvalue weighted by Crippen LogP contribution is 2.42. The average Bonchev–Trinajstić information content (AvgIpc) is 3.45. The van der Waals surface area contributed by atoms with Gasteiger partial charge in [0.15, 0.2) is 5.75 Å². The summed E-state index contributed by atoms with van der Waals surface area (Å²) >= 11 is 5.90. The van der Waals surface area contributed by atoms with Crippen molar-refractivity contribution in [3.8, 4) is 5.75 Å². The Balaban J connectivity index is 1.93. The first-order valence-electron chi connectivity index (χ1n) is 7.92. The minimum absolute atomic E-state index is 0.00499. The lowest BCUT2D eigenvalue weighted by Crippen LogP contribution is -2.30. The van der Waals surface area contributed by atoms with Crippen LogP contribution in [0.5, 0.6) is 5.75 Å². The van der Waals surface area contributed by atoms with E-state index in [4.69, 9.17) is 16.3 Å². The number of methoxy groups -OCH3 is 1. The second-order valence-corrected chi connectivity index (χ2v) is 8.23. The van der Waals surface area contributed by atoms with Gasteiger partial charge in [-0.25, -0.2) is 13.1 Å². The summed E-state index contributed by atoms with van der Waals surface area (Å²) in [6.07, 6.45) is 1.83. The third-order valence-electron chi connectivity index (χ3n) is 4.26. The van der Waals surface area contributed by atoms with E-state index in [1.54, 1.807) is 24.3 Å². The molecular formula is C17H17ClN2O5S. The van der Waals surface area contributed by atoms with Crippen LogP contribution < -0.4 is 9.46 Å². The van der Waals surface area contributed by atoms with E-state index in [0.717, 1.165) is 24.5 Å². The van der Waals surface area contributed by atoms with E-state index in [2.05, 4.69) is 4.72 Å². The van der Waals surface area contributed by atoms with Gasteiger partial charge in [0.25, 0.3) is 0 Å². The van der Waals surface area contributed by atoms with Crippen LogP contribution in [0.2, 0.25) is 5.02 Å². The maximum Gasteiger partial charge on any atom is 0.312 e. The highest BCUT2D eigenvalue weighted by Gasteiger charge is 2.36. The molecule has 2 aromatic rings. The summed E-state index contributed by atoms with van der Waals surface area (Å²) in [5.74, 6) is 0.199. The van der Waals surface area contributed by atoms with E-state index >= 15 is 0 Å². The largest absolute Gasteiger partial charge is 0.490 e. The normalized spacial score (nSPS) is 15.5. The fraction of sp³-hybridized carbons (Fsp3) is 0.294. The Bertz CT molecular complexity index is 927. The molecule has 7 nitrogen and oxygen atoms in total. The smallest absolute Gasteiger partial charge is 0.312 e. The maximum absolute atomic E-state index is 12.8. The molecule has 0 aliphatic heterocycles. The minimum atomic E-state index is -3.95. The molecule has 1 N–H and O–H groups in total. The zero-order valence-corrected chi connectivity index (χ0v) is 15.5. The molecule has 2 aromatic carbocycles. The molecule has 26 heavy (non-hydrogen) atoms. The number of halogens is 1. The minimum Gasteiger partial charge on any atom is -0.490 e. The summed E-state index contributed by atoms with van der Waals surface area (Å²) in [6.45, 7) is 0. The van der Waals surface area contributed by atoms with Crippen LogP contribution in [0.1, 0.15) is 24.4 Å². The van der Waals surface area contributed by atoms with Gasteiger partial charge in [0.05, 0.1) is 16.9 Å². The van der Waals surface area contributed by atoms with Gasteiger partial charge in [-0.1, -0.05) is 23.7 Å². The molecule has 1 aliphatic rings. The molecule has 1 atom stereocenters. The predicted molar refractivity (Wildman–Crippen MR) is 96.9 cm³/mol. The fourth-order valence-corrected chi connectivity index (χ4v) is 4.19. The van der Waals surface area contributed by atoms with Gasteiger partial charge in [-0.15, -0.1) is 0 Å². The zero-order chi connectivity index (χ0) is 18.9. The van der Waals surface area contributed by atoms with Crippen LogP contribution >= 0.6 is 11.6 Å². The molecule has 0 amide bonds. The van der Waals surface area contributed by atoms with Crippen LogP contribution in [0.4, 0.5) is 5.69 Å². The van der Waals surface area contributed by atoms with Crippen molar-refractivity contribution in [2.24, 2.45) is 5.92 Å². The molecular weight excluding hydrogens is 380 g/mol. The monoisotopic (exact) mass is 396 g/mol. The molecule has 0 spiro atoms. The summed E-state index contributed by atoms with van der Waals surface area (Å²) in [4.78, 5) is 10.3. The van der Waals surface area contributed by atoms with Crippen molar-refractivity contribution < 1.29 is 18.1 Å². The molecule has 0 heterocycles. The van der Waals surface area contributed by atoms with Gasteiger partial charge in [-0.2, -0.15) is 0 Å². The van der Waals surface area contributed by atoms with E-state index in [0.29, 0.717) is 5.02 Å². The van der Waals surface area contributed by atoms with Crippen LogP contribution in [-0.2, 0) is 10.0 Å². The third kappa shape index (κ3) is 3.98. The molecule has 0 radical (unpaired) electrons. The predicted octanol–water partition coefficient (Wildman–Crippen LogP) is 3.69. The number of sulfonamides is 1. The van der Waals surface area contributed by atoms with Crippen LogP contribution in [0.25, 0.3) is 0 Å². The SMILES string of the molecule is COc1ccc(S(=O)(=O)NC(c2ccc(Cl)cc2)C2CC2)cc1[N+](=O)[O-]. The first-order valence-corrected chi connectivity index (χ1v) is 9.78. The van der Waals surface area contributed by atoms with Gasteiger partial charge in [-0.05, 0) is 48.6 Å². The van der Waals surface area contributed by atoms with Crippen molar-refractivity contribution in [3.63, 3.8) is 0 Å². The van der Waals surface area contributed by atoms with Crippen molar-refractivity contribution in [2.45, 2.75) is 23.8 Å². The Labute approximate surface area is 156 Å². The summed E-state index contributed by atoms with van der Waals surface area (Å²) in [5.41, 5.74) is 0.410. The Morgan fingerprint density at radius 3 is 2.42 bits per heavy atom. The van der Waals surface area contributed by atoms with Crippen molar-refractivity contribution in [1.29, 1.82) is 0 Å². The number of nitrogens with one attached hydrogen (secondary N) is 1. The Hall–Kier alpha value is -2.16. The van der Waals surface area contributed by atoms with Gasteiger partial charge in [-0.3, -0.25) is 10.1 Å². The number of hydrogen-bond acceptors (Lipinski definition) is 5. The molecule has 3 rings (SSSR count). The molecule has 1 fully saturated rings. The number of nitro groups is 1. The van der Waals surface area contributed by atoms with Crippen molar-refractivity contribution in [1.82, 2.24) is 4.72 Å². The maximum atomic E-state index is 12.8. The number of benzene rings is 2. The van der Waals surface area contributed by atoms with E-state index in [-0.39, 0.29) is 16.6 Å². The second-order valence-electron chi connectivity index (χ2n) is 6.08. The van der Waals surface area contributed by atoms with E-state index in [1.807, 2.05) is 0 Å². The highest BCUT2D eigenvalue weighted by atomic mass is 35.5. The summed E-state index contributed by atoms with van der Waals surface area (Å²) in [7, 11) is -2.66. The lowest BCUT2D eigenvalue weighted by Gasteiger charge is -2.19. The number of ether oxygens (including phenoxy) is 1. The molecule has 1 aliphatic carbocycles. The quantitative estimate of drug-likeness (QED) is 0.568. The van der Waals surface area contributed by atoms with E-state index < -0.39 is 26.7 Å². The summed E-state index contributed by atoms with van der Waals surface area (Å²) in [5, 5.41) is 11.7. The number of nitro benzene ring substituents is 1. The number of nitrogens with zero attached hydrogens (tertiary/aromatic N) is 1. The van der Waals surface area contributed by atoms with Gasteiger partial charge in [0.1, 0.15) is 0 Å². The Morgan fingerprint density at radius 1 is 1.23 bits per heavy atom. The van der Waals surface area contributed by atoms with Crippen LogP contribution in [0.15, 0.2) is 47.4 Å². The van der Waals surface area contributed by atoms with Crippen molar-refractivity contribution >= 4 is 27.3 Å². The molecule has 0 aromatic heterocycles. The molecule has 0 bridgehead atoms. The second kappa shape index (κ2) is 7.22. The van der Waals surface area contributed by atoms with Gasteiger partial charge >= 0.3 is 5.69 Å². The average molecular weight is 397 g/mol. The van der Waals surface area contributed by atoms with Crippen molar-refractivity contribution in [3.05, 3.63) is 63.2 Å². The Morgan fingerprint density at radius 2 is 1.88 bits per heavy atom. The molecule has 1 unspecified atom stereocenters. The van der Waals surface area contributed by atoms with Gasteiger partial charge in [0, 0.05) is 17.1 Å². The lowest BCUT2D eigenvalue weighted by molar-refractivity contribution is -0.386. The Kier molecular flexibility index (Phi) is 5.17. The lowest BCUT2D eigenvalue weighted by atomic mass is 10.0. The number of hydrogen-bond donors (Lipinski definition) is 1.